The molecule has 80 valence electrons. The van der Waals surface area contributed by atoms with E-state index in [2.05, 4.69) is 5.10 Å². The summed E-state index contributed by atoms with van der Waals surface area (Å²) in [6.45, 7) is 0. The number of alkyl halides is 2. The van der Waals surface area contributed by atoms with Gasteiger partial charge in [0.2, 0.25) is 0 Å². The van der Waals surface area contributed by atoms with Gasteiger partial charge in [-0.2, -0.15) is 5.10 Å². The lowest BCUT2D eigenvalue weighted by atomic mass is 10.1. The zero-order chi connectivity index (χ0) is 10.8. The van der Waals surface area contributed by atoms with Gasteiger partial charge >= 0.3 is 0 Å². The summed E-state index contributed by atoms with van der Waals surface area (Å²) >= 11 is 11.8. The van der Waals surface area contributed by atoms with E-state index in [1.54, 1.807) is 0 Å². The lowest BCUT2D eigenvalue weighted by molar-refractivity contribution is 0.297. The lowest BCUT2D eigenvalue weighted by Crippen LogP contribution is -2.28. The van der Waals surface area contributed by atoms with E-state index in [4.69, 9.17) is 23.2 Å². The molecule has 1 atom stereocenters. The number of benzene rings is 1. The topological polar surface area (TPSA) is 15.6 Å². The Morgan fingerprint density at radius 2 is 2.00 bits per heavy atom. The molecule has 1 aliphatic rings. The van der Waals surface area contributed by atoms with Gasteiger partial charge in [0.25, 0.3) is 0 Å². The van der Waals surface area contributed by atoms with Gasteiger partial charge in [0.1, 0.15) is 4.84 Å². The highest BCUT2D eigenvalue weighted by Crippen LogP contribution is 2.25. The third-order valence-electron chi connectivity index (χ3n) is 2.56. The fraction of sp³-hybridized carbons (Fsp3) is 0.364. The van der Waals surface area contributed by atoms with Gasteiger partial charge in [-0.1, -0.05) is 30.3 Å². The van der Waals surface area contributed by atoms with Crippen LogP contribution in [-0.2, 0) is 0 Å². The van der Waals surface area contributed by atoms with Crippen molar-refractivity contribution >= 4 is 28.9 Å². The molecule has 0 aliphatic carbocycles. The minimum absolute atomic E-state index is 0.0866. The van der Waals surface area contributed by atoms with E-state index in [0.717, 1.165) is 17.7 Å². The maximum absolute atomic E-state index is 5.88. The van der Waals surface area contributed by atoms with Gasteiger partial charge < -0.3 is 0 Å². The maximum atomic E-state index is 5.88. The molecule has 1 aromatic carbocycles. The molecule has 0 saturated carbocycles. The SMILES string of the molecule is CN1N=C(c2ccccc2)CC1C(Cl)Cl. The summed E-state index contributed by atoms with van der Waals surface area (Å²) in [6.07, 6.45) is 0.804. The van der Waals surface area contributed by atoms with Crippen LogP contribution in [0.25, 0.3) is 0 Å². The van der Waals surface area contributed by atoms with Gasteiger partial charge in [-0.15, -0.1) is 23.2 Å². The molecule has 0 bridgehead atoms. The molecule has 4 heteroatoms. The molecule has 0 aromatic heterocycles. The third-order valence-corrected chi connectivity index (χ3v) is 3.14. The predicted molar refractivity (Wildman–Crippen MR) is 64.6 cm³/mol. The number of hydrazone groups is 1. The van der Waals surface area contributed by atoms with Crippen molar-refractivity contribution in [3.05, 3.63) is 35.9 Å². The van der Waals surface area contributed by atoms with Gasteiger partial charge in [0.05, 0.1) is 11.8 Å². The molecule has 0 amide bonds. The van der Waals surface area contributed by atoms with Crippen LogP contribution in [0, 0.1) is 0 Å². The molecule has 0 spiro atoms. The summed E-state index contributed by atoms with van der Waals surface area (Å²) in [5, 5.41) is 6.28. The van der Waals surface area contributed by atoms with Gasteiger partial charge in [-0.3, -0.25) is 5.01 Å². The van der Waals surface area contributed by atoms with Gasteiger partial charge in [0, 0.05) is 13.5 Å². The first-order valence-electron chi connectivity index (χ1n) is 4.82. The van der Waals surface area contributed by atoms with Gasteiger partial charge in [0.15, 0.2) is 0 Å². The molecule has 2 rings (SSSR count). The smallest absolute Gasteiger partial charge is 0.130 e. The molecule has 0 radical (unpaired) electrons. The fourth-order valence-electron chi connectivity index (χ4n) is 1.69. The Bertz CT molecular complexity index is 362. The van der Waals surface area contributed by atoms with Gasteiger partial charge in [-0.25, -0.2) is 0 Å². The third kappa shape index (κ3) is 2.27. The standard InChI is InChI=1S/C11H12Cl2N2/c1-15-10(11(12)13)7-9(14-15)8-5-3-2-4-6-8/h2-6,10-11H,7H2,1H3. The highest BCUT2D eigenvalue weighted by atomic mass is 35.5. The van der Waals surface area contributed by atoms with Crippen molar-refractivity contribution in [3.63, 3.8) is 0 Å². The zero-order valence-corrected chi connectivity index (χ0v) is 9.91. The maximum Gasteiger partial charge on any atom is 0.130 e. The van der Waals surface area contributed by atoms with Crippen molar-refractivity contribution in [1.82, 2.24) is 5.01 Å². The summed E-state index contributed by atoms with van der Waals surface area (Å²) in [6, 6.07) is 10.2. The quantitative estimate of drug-likeness (QED) is 0.729. The van der Waals surface area contributed by atoms with E-state index >= 15 is 0 Å². The Morgan fingerprint density at radius 3 is 2.53 bits per heavy atom. The minimum Gasteiger partial charge on any atom is -0.294 e. The normalized spacial score (nSPS) is 20.9. The first-order valence-corrected chi connectivity index (χ1v) is 5.69. The summed E-state index contributed by atoms with van der Waals surface area (Å²) < 4.78 is 0. The Hall–Kier alpha value is -0.730. The first kappa shape index (κ1) is 10.8. The van der Waals surface area contributed by atoms with Crippen LogP contribution >= 0.6 is 23.2 Å². The van der Waals surface area contributed by atoms with E-state index in [1.165, 1.54) is 0 Å². The molecule has 2 nitrogen and oxygen atoms in total. The van der Waals surface area contributed by atoms with Crippen molar-refractivity contribution in [1.29, 1.82) is 0 Å². The van der Waals surface area contributed by atoms with Crippen LogP contribution in [0.3, 0.4) is 0 Å². The van der Waals surface area contributed by atoms with Crippen LogP contribution in [0.5, 0.6) is 0 Å². The average Bonchev–Trinajstić information content (AvgIpc) is 2.62. The number of hydrogen-bond donors (Lipinski definition) is 0. The number of hydrogen-bond acceptors (Lipinski definition) is 2. The van der Waals surface area contributed by atoms with Crippen molar-refractivity contribution in [2.75, 3.05) is 7.05 Å². The zero-order valence-electron chi connectivity index (χ0n) is 8.40. The second-order valence-corrected chi connectivity index (χ2v) is 4.76. The molecular weight excluding hydrogens is 231 g/mol. The molecular formula is C11H12Cl2N2. The van der Waals surface area contributed by atoms with Crippen molar-refractivity contribution in [2.24, 2.45) is 5.10 Å². The fourth-order valence-corrected chi connectivity index (χ4v) is 2.20. The lowest BCUT2D eigenvalue weighted by Gasteiger charge is -2.18. The number of rotatable bonds is 2. The number of halogens is 2. The highest BCUT2D eigenvalue weighted by Gasteiger charge is 2.29. The second kappa shape index (κ2) is 4.42. The van der Waals surface area contributed by atoms with Crippen molar-refractivity contribution < 1.29 is 0 Å². The summed E-state index contributed by atoms with van der Waals surface area (Å²) in [7, 11) is 1.90. The van der Waals surface area contributed by atoms with E-state index in [0.29, 0.717) is 0 Å². The summed E-state index contributed by atoms with van der Waals surface area (Å²) in [5.74, 6) is 0. The Labute approximate surface area is 99.5 Å². The number of nitrogens with zero attached hydrogens (tertiary/aromatic N) is 2. The molecule has 1 heterocycles. The highest BCUT2D eigenvalue weighted by molar-refractivity contribution is 6.45. The van der Waals surface area contributed by atoms with Crippen molar-refractivity contribution in [3.8, 4) is 0 Å². The minimum atomic E-state index is -0.403. The van der Waals surface area contributed by atoms with E-state index in [1.807, 2.05) is 42.4 Å². The van der Waals surface area contributed by atoms with Crippen LogP contribution in [0.15, 0.2) is 35.4 Å². The Kier molecular flexibility index (Phi) is 3.17. The second-order valence-electron chi connectivity index (χ2n) is 3.59. The Morgan fingerprint density at radius 1 is 1.33 bits per heavy atom. The van der Waals surface area contributed by atoms with Gasteiger partial charge in [-0.05, 0) is 5.56 Å². The average molecular weight is 243 g/mol. The van der Waals surface area contributed by atoms with E-state index in [-0.39, 0.29) is 6.04 Å². The largest absolute Gasteiger partial charge is 0.294 e. The summed E-state index contributed by atoms with van der Waals surface area (Å²) in [4.78, 5) is -0.403. The predicted octanol–water partition coefficient (Wildman–Crippen LogP) is 2.90. The van der Waals surface area contributed by atoms with Crippen LogP contribution < -0.4 is 0 Å². The molecule has 1 aromatic rings. The van der Waals surface area contributed by atoms with E-state index < -0.39 is 4.84 Å². The molecule has 1 aliphatic heterocycles. The van der Waals surface area contributed by atoms with Crippen LogP contribution in [0.2, 0.25) is 0 Å². The molecule has 1 unspecified atom stereocenters. The van der Waals surface area contributed by atoms with Crippen LogP contribution in [0.1, 0.15) is 12.0 Å². The molecule has 0 N–H and O–H groups in total. The van der Waals surface area contributed by atoms with Crippen LogP contribution in [-0.4, -0.2) is 28.6 Å². The monoisotopic (exact) mass is 242 g/mol. The molecule has 15 heavy (non-hydrogen) atoms. The Balaban J connectivity index is 2.18. The molecule has 0 saturated heterocycles. The molecule has 0 fully saturated rings. The van der Waals surface area contributed by atoms with Crippen LogP contribution in [0.4, 0.5) is 0 Å². The van der Waals surface area contributed by atoms with E-state index in [9.17, 15) is 0 Å². The first-order chi connectivity index (χ1) is 7.18. The summed E-state index contributed by atoms with van der Waals surface area (Å²) in [5.41, 5.74) is 2.19. The van der Waals surface area contributed by atoms with Crippen molar-refractivity contribution in [2.45, 2.75) is 17.3 Å².